The van der Waals surface area contributed by atoms with Crippen LogP contribution in [0.3, 0.4) is 0 Å². The van der Waals surface area contributed by atoms with Gasteiger partial charge in [0.2, 0.25) is 0 Å². The second kappa shape index (κ2) is 10.7. The molecule has 6 nitrogen and oxygen atoms in total. The summed E-state index contributed by atoms with van der Waals surface area (Å²) in [5.74, 6) is 1.42. The van der Waals surface area contributed by atoms with E-state index in [0.29, 0.717) is 22.8 Å². The van der Waals surface area contributed by atoms with Gasteiger partial charge >= 0.3 is 43.7 Å². The Labute approximate surface area is 186 Å². The van der Waals surface area contributed by atoms with E-state index in [4.69, 9.17) is 25.5 Å². The first kappa shape index (κ1) is 23.4. The summed E-state index contributed by atoms with van der Waals surface area (Å²) in [6, 6.07) is 16.7. The second-order valence-electron chi connectivity index (χ2n) is 5.60. The Morgan fingerprint density at radius 1 is 1.10 bits per heavy atom. The van der Waals surface area contributed by atoms with Gasteiger partial charge in [-0.3, -0.25) is 14.7 Å². The van der Waals surface area contributed by atoms with Gasteiger partial charge in [-0.15, -0.1) is 0 Å². The average Bonchev–Trinajstić information content (AvgIpc) is 3.02. The molecule has 151 valence electrons. The molecule has 0 saturated heterocycles. The molecule has 0 aliphatic carbocycles. The molecule has 0 radical (unpaired) electrons. The van der Waals surface area contributed by atoms with Gasteiger partial charge in [-0.1, -0.05) is 36.4 Å². The Kier molecular flexibility index (Phi) is 8.66. The van der Waals surface area contributed by atoms with Crippen LogP contribution in [0, 0.1) is 23.8 Å². The molecule has 0 bridgehead atoms. The van der Waals surface area contributed by atoms with E-state index in [1.54, 1.807) is 55.1 Å². The number of non-ortho nitro benzene ring substituents is 1. The molecule has 0 aliphatic rings. The van der Waals surface area contributed by atoms with E-state index in [0.717, 1.165) is 0 Å². The van der Waals surface area contributed by atoms with Crippen molar-refractivity contribution < 1.29 is 36.8 Å². The average molecular weight is 534 g/mol. The van der Waals surface area contributed by atoms with Gasteiger partial charge in [0, 0.05) is 17.7 Å². The number of para-hydroxylation sites is 2. The van der Waals surface area contributed by atoms with E-state index in [9.17, 15) is 15.2 Å². The molecule has 0 spiro atoms. The van der Waals surface area contributed by atoms with Crippen molar-refractivity contribution in [3.8, 4) is 17.1 Å². The molecule has 1 heterocycles. The van der Waals surface area contributed by atoms with E-state index in [2.05, 4.69) is 17.9 Å². The molecule has 0 amide bonds. The van der Waals surface area contributed by atoms with Crippen LogP contribution in [0.25, 0.3) is 11.3 Å². The van der Waals surface area contributed by atoms with Gasteiger partial charge in [0.05, 0.1) is 18.8 Å². The third-order valence-electron chi connectivity index (χ3n) is 3.76. The van der Waals surface area contributed by atoms with Crippen LogP contribution in [-0.2, 0) is 18.2 Å². The normalized spacial score (nSPS) is 9.90. The number of hydrogen-bond donors (Lipinski definition) is 1. The summed E-state index contributed by atoms with van der Waals surface area (Å²) < 4.78 is 4.11. The Bertz CT molecular complexity index is 1020. The van der Waals surface area contributed by atoms with E-state index in [1.807, 2.05) is 0 Å². The van der Waals surface area contributed by atoms with E-state index in [-0.39, 0.29) is 11.4 Å². The molecular weight excluding hydrogens is 518 g/mol. The van der Waals surface area contributed by atoms with Crippen molar-refractivity contribution in [2.75, 3.05) is 0 Å². The van der Waals surface area contributed by atoms with E-state index >= 15 is 0 Å². The van der Waals surface area contributed by atoms with Gasteiger partial charge in [-0.25, -0.2) is 0 Å². The Morgan fingerprint density at radius 3 is 2.38 bits per heavy atom. The van der Waals surface area contributed by atoms with Crippen molar-refractivity contribution in [1.29, 1.82) is 0 Å². The summed E-state index contributed by atoms with van der Waals surface area (Å²) in [5, 5.41) is 20.8. The van der Waals surface area contributed by atoms with Crippen molar-refractivity contribution >= 4 is 43.6 Å². The molecule has 0 saturated carbocycles. The fourth-order valence-corrected chi connectivity index (χ4v) is 2.50. The van der Waals surface area contributed by atoms with Gasteiger partial charge in [0.15, 0.2) is 11.4 Å². The van der Waals surface area contributed by atoms with E-state index in [1.165, 1.54) is 16.7 Å². The van der Waals surface area contributed by atoms with Crippen molar-refractivity contribution in [2.45, 2.75) is 0 Å². The second-order valence-corrected chi connectivity index (χ2v) is 16.8. The zero-order valence-electron chi connectivity index (χ0n) is 15.0. The minimum absolute atomic E-state index is 0.0119. The summed E-state index contributed by atoms with van der Waals surface area (Å²) in [6.07, 6.45) is 0. The molecule has 3 rings (SSSR count). The Hall–Kier alpha value is -1.92. The predicted octanol–water partition coefficient (Wildman–Crippen LogP) is 6.51. The number of nitro benzene ring substituents is 1. The van der Waals surface area contributed by atoms with Gasteiger partial charge in [0.25, 0.3) is 5.69 Å². The standard InChI is InChI=1S/C19H16N2O4.3ClH.Zr/c1-20(17-8-3-4-9-18(17)22)13-16-10-11-19(25(16)2)14-6-5-7-15(12-14)21(23)24;;;;/h3-13,22H,1-2H2;3*1H;/q;;;;+3/p-3. The van der Waals surface area contributed by atoms with Crippen LogP contribution in [0.1, 0.15) is 5.76 Å². The number of hydrogen-bond acceptors (Lipinski definition) is 3. The molecule has 3 aromatic rings. The zero-order chi connectivity index (χ0) is 21.6. The summed E-state index contributed by atoms with van der Waals surface area (Å²) >= 11 is -2.13. The number of nitro groups is 1. The summed E-state index contributed by atoms with van der Waals surface area (Å²) in [7, 11) is 18.9. The van der Waals surface area contributed by atoms with Crippen LogP contribution in [0.4, 0.5) is 11.4 Å². The Balaban J connectivity index is 0.000000687. The predicted molar refractivity (Wildman–Crippen MR) is 112 cm³/mol. The third-order valence-corrected chi connectivity index (χ3v) is 3.76. The number of halogens is 3. The fraction of sp³-hybridized carbons (Fsp3) is 0. The van der Waals surface area contributed by atoms with Crippen LogP contribution < -0.4 is 0 Å². The Morgan fingerprint density at radius 2 is 1.76 bits per heavy atom. The number of phenols is 1. The van der Waals surface area contributed by atoms with Gasteiger partial charge < -0.3 is 9.15 Å². The molecule has 0 atom stereocenters. The molecular formula is C19H16Cl3N2O4Zr. The van der Waals surface area contributed by atoms with Gasteiger partial charge in [0.1, 0.15) is 18.1 Å². The summed E-state index contributed by atoms with van der Waals surface area (Å²) in [5.41, 5.74) is 1.21. The molecule has 0 fully saturated rings. The van der Waals surface area contributed by atoms with Gasteiger partial charge in [-0.2, -0.15) is 0 Å². The first-order chi connectivity index (χ1) is 13.7. The van der Waals surface area contributed by atoms with Crippen LogP contribution in [0.15, 0.2) is 64.7 Å². The van der Waals surface area contributed by atoms with Crippen LogP contribution in [0.2, 0.25) is 0 Å². The molecule has 1 N–H and O–H groups in total. The monoisotopic (exact) mass is 531 g/mol. The SMILES string of the molecule is C=[N+]([CH-]c1ccc(-c2cccc([N+](=O)[O-])c2)[o+]1[CH2-])c1ccccc1O.[Cl][Zr]([Cl])[Cl]. The van der Waals surface area contributed by atoms with Crippen molar-refractivity contribution in [3.05, 3.63) is 90.2 Å². The zero-order valence-corrected chi connectivity index (χ0v) is 19.7. The first-order valence-corrected chi connectivity index (χ1v) is 17.5. The maximum absolute atomic E-state index is 10.9. The molecule has 2 aromatic carbocycles. The molecule has 0 unspecified atom stereocenters. The topological polar surface area (TPSA) is 69.1 Å². The van der Waals surface area contributed by atoms with E-state index < -0.39 is 23.1 Å². The number of benzene rings is 2. The number of rotatable bonds is 5. The minimum atomic E-state index is -2.13. The number of phenolic OH excluding ortho intramolecular Hbond substituents is 1. The summed E-state index contributed by atoms with van der Waals surface area (Å²) in [4.78, 5) is 10.5. The fourth-order valence-electron chi connectivity index (χ4n) is 2.50. The van der Waals surface area contributed by atoms with Crippen molar-refractivity contribution in [2.24, 2.45) is 0 Å². The molecule has 1 aromatic heterocycles. The van der Waals surface area contributed by atoms with Crippen molar-refractivity contribution in [3.63, 3.8) is 0 Å². The van der Waals surface area contributed by atoms with Crippen molar-refractivity contribution in [1.82, 2.24) is 0 Å². The third kappa shape index (κ3) is 6.54. The maximum atomic E-state index is 10.9. The molecule has 0 aliphatic heterocycles. The van der Waals surface area contributed by atoms with Crippen LogP contribution >= 0.6 is 25.5 Å². The van der Waals surface area contributed by atoms with Crippen LogP contribution in [0.5, 0.6) is 5.75 Å². The molecule has 29 heavy (non-hydrogen) atoms. The van der Waals surface area contributed by atoms with Crippen LogP contribution in [-0.4, -0.2) is 21.3 Å². The van der Waals surface area contributed by atoms with Gasteiger partial charge in [-0.05, 0) is 12.1 Å². The summed E-state index contributed by atoms with van der Waals surface area (Å²) in [6.45, 7) is 5.59. The first-order valence-electron chi connectivity index (χ1n) is 7.97. The molecule has 10 heteroatoms. The number of nitrogens with zero attached hydrogens (tertiary/aromatic N) is 2. The quantitative estimate of drug-likeness (QED) is 0.101. The number of aromatic hydroxyl groups is 1. The number of furan rings is 1.